The van der Waals surface area contributed by atoms with Gasteiger partial charge in [0, 0.05) is 10.6 Å². The van der Waals surface area contributed by atoms with Gasteiger partial charge in [-0.1, -0.05) is 12.1 Å². The molecule has 0 spiro atoms. The van der Waals surface area contributed by atoms with E-state index in [-0.39, 0.29) is 0 Å². The van der Waals surface area contributed by atoms with E-state index in [4.69, 9.17) is 0 Å². The molecular weight excluding hydrogens is 303 g/mol. The van der Waals surface area contributed by atoms with Crippen LogP contribution in [0.4, 0.5) is 5.69 Å². The lowest BCUT2D eigenvalue weighted by Gasteiger charge is -2.07. The van der Waals surface area contributed by atoms with E-state index in [0.717, 1.165) is 3.57 Å². The minimum atomic E-state index is -3.40. The van der Waals surface area contributed by atoms with Gasteiger partial charge in [-0.05, 0) is 34.7 Å². The summed E-state index contributed by atoms with van der Waals surface area (Å²) in [5.74, 6) is 0. The van der Waals surface area contributed by atoms with E-state index in [1.54, 1.807) is 12.1 Å². The van der Waals surface area contributed by atoms with Gasteiger partial charge in [0.15, 0.2) is 0 Å². The number of halogens is 1. The Hall–Kier alpha value is -0.340. The Balaban J connectivity index is 2.93. The van der Waals surface area contributed by atoms with E-state index in [1.165, 1.54) is 7.05 Å². The highest BCUT2D eigenvalue weighted by Gasteiger charge is 2.07. The van der Waals surface area contributed by atoms with Crippen molar-refractivity contribution < 1.29 is 8.42 Å². The van der Waals surface area contributed by atoms with Gasteiger partial charge in [-0.15, -0.1) is 0 Å². The van der Waals surface area contributed by atoms with E-state index in [0.29, 0.717) is 5.69 Å². The zero-order valence-corrected chi connectivity index (χ0v) is 9.89. The monoisotopic (exact) mass is 312 g/mol. The number of benzene rings is 1. The molecule has 0 radical (unpaired) electrons. The number of hydrogen-bond donors (Lipinski definition) is 2. The van der Waals surface area contributed by atoms with Crippen LogP contribution in [-0.4, -0.2) is 15.5 Å². The van der Waals surface area contributed by atoms with E-state index in [9.17, 15) is 8.42 Å². The average Bonchev–Trinajstić information content (AvgIpc) is 2.09. The first-order chi connectivity index (χ1) is 6.05. The molecule has 0 amide bonds. The molecule has 0 aromatic heterocycles. The third kappa shape index (κ3) is 3.12. The van der Waals surface area contributed by atoms with Gasteiger partial charge in [-0.25, -0.2) is 4.72 Å². The average molecular weight is 312 g/mol. The fraction of sp³-hybridized carbons (Fsp3) is 0.143. The second-order valence-corrected chi connectivity index (χ2v) is 5.07. The normalized spacial score (nSPS) is 11.2. The summed E-state index contributed by atoms with van der Waals surface area (Å²) in [4.78, 5) is 0. The molecule has 0 bridgehead atoms. The smallest absolute Gasteiger partial charge is 0.270 e. The Kier molecular flexibility index (Phi) is 3.51. The molecule has 0 aliphatic carbocycles. The molecule has 0 atom stereocenters. The minimum Gasteiger partial charge on any atom is -0.270 e. The Morgan fingerprint density at radius 3 is 2.46 bits per heavy atom. The standard InChI is InChI=1S/C7H9IN2O2S/c1-9-13(11,12)10-7-5-3-2-4-6(7)8/h2-5,9-10H,1H3. The van der Waals surface area contributed by atoms with Crippen molar-refractivity contribution in [1.82, 2.24) is 4.72 Å². The largest absolute Gasteiger partial charge is 0.298 e. The van der Waals surface area contributed by atoms with E-state index in [1.807, 2.05) is 12.1 Å². The maximum absolute atomic E-state index is 11.1. The van der Waals surface area contributed by atoms with Crippen LogP contribution >= 0.6 is 22.6 Å². The SMILES string of the molecule is CNS(=O)(=O)Nc1ccccc1I. The Labute approximate surface area is 91.1 Å². The van der Waals surface area contributed by atoms with Crippen LogP contribution in [0.25, 0.3) is 0 Å². The van der Waals surface area contributed by atoms with Crippen molar-refractivity contribution in [1.29, 1.82) is 0 Å². The molecule has 0 unspecified atom stereocenters. The fourth-order valence-corrected chi connectivity index (χ4v) is 2.01. The van der Waals surface area contributed by atoms with Crippen molar-refractivity contribution in [2.45, 2.75) is 0 Å². The van der Waals surface area contributed by atoms with Crippen LogP contribution in [0.15, 0.2) is 24.3 Å². The molecule has 0 saturated carbocycles. The zero-order valence-electron chi connectivity index (χ0n) is 6.91. The van der Waals surface area contributed by atoms with Gasteiger partial charge in [0.2, 0.25) is 0 Å². The van der Waals surface area contributed by atoms with Crippen LogP contribution in [0.1, 0.15) is 0 Å². The van der Waals surface area contributed by atoms with Gasteiger partial charge in [0.1, 0.15) is 0 Å². The maximum Gasteiger partial charge on any atom is 0.298 e. The molecule has 1 rings (SSSR count). The Bertz CT molecular complexity index is 391. The lowest BCUT2D eigenvalue weighted by Crippen LogP contribution is -2.26. The van der Waals surface area contributed by atoms with Crippen molar-refractivity contribution >= 4 is 38.5 Å². The third-order valence-corrected chi connectivity index (χ3v) is 3.35. The zero-order chi connectivity index (χ0) is 9.90. The van der Waals surface area contributed by atoms with E-state index in [2.05, 4.69) is 32.0 Å². The topological polar surface area (TPSA) is 58.2 Å². The van der Waals surface area contributed by atoms with E-state index >= 15 is 0 Å². The predicted octanol–water partition coefficient (Wildman–Crippen LogP) is 1.17. The van der Waals surface area contributed by atoms with Gasteiger partial charge >= 0.3 is 0 Å². The molecule has 0 heterocycles. The van der Waals surface area contributed by atoms with Crippen molar-refractivity contribution in [3.63, 3.8) is 0 Å². The van der Waals surface area contributed by atoms with Crippen LogP contribution in [0, 0.1) is 3.57 Å². The van der Waals surface area contributed by atoms with Gasteiger partial charge in [-0.3, -0.25) is 4.72 Å². The molecule has 13 heavy (non-hydrogen) atoms. The first-order valence-corrected chi connectivity index (χ1v) is 6.07. The maximum atomic E-state index is 11.1. The molecule has 1 aromatic carbocycles. The summed E-state index contributed by atoms with van der Waals surface area (Å²) < 4.78 is 27.6. The number of hydrogen-bond acceptors (Lipinski definition) is 2. The molecule has 0 fully saturated rings. The van der Waals surface area contributed by atoms with Gasteiger partial charge in [0.25, 0.3) is 10.2 Å². The number of para-hydroxylation sites is 1. The number of rotatable bonds is 3. The highest BCUT2D eigenvalue weighted by Crippen LogP contribution is 2.17. The summed E-state index contributed by atoms with van der Waals surface area (Å²) in [7, 11) is -2.04. The Morgan fingerprint density at radius 2 is 1.92 bits per heavy atom. The van der Waals surface area contributed by atoms with Gasteiger partial charge < -0.3 is 0 Å². The van der Waals surface area contributed by atoms with Crippen molar-refractivity contribution in [3.8, 4) is 0 Å². The summed E-state index contributed by atoms with van der Waals surface area (Å²) in [5.41, 5.74) is 0.581. The van der Waals surface area contributed by atoms with Crippen molar-refractivity contribution in [2.24, 2.45) is 0 Å². The second-order valence-electron chi connectivity index (χ2n) is 2.29. The molecule has 0 aliphatic heterocycles. The van der Waals surface area contributed by atoms with Gasteiger partial charge in [-0.2, -0.15) is 8.42 Å². The van der Waals surface area contributed by atoms with Crippen LogP contribution in [0.3, 0.4) is 0 Å². The van der Waals surface area contributed by atoms with Crippen LogP contribution in [0.5, 0.6) is 0 Å². The first kappa shape index (κ1) is 10.7. The summed E-state index contributed by atoms with van der Waals surface area (Å²) in [5, 5.41) is 0. The quantitative estimate of drug-likeness (QED) is 0.823. The highest BCUT2D eigenvalue weighted by molar-refractivity contribution is 14.1. The predicted molar refractivity (Wildman–Crippen MR) is 60.8 cm³/mol. The molecule has 1 aromatic rings. The fourth-order valence-electron chi connectivity index (χ4n) is 0.740. The molecule has 2 N–H and O–H groups in total. The van der Waals surface area contributed by atoms with Gasteiger partial charge in [0.05, 0.1) is 5.69 Å². The highest BCUT2D eigenvalue weighted by atomic mass is 127. The molecule has 0 saturated heterocycles. The molecule has 6 heteroatoms. The lowest BCUT2D eigenvalue weighted by atomic mass is 10.3. The third-order valence-electron chi connectivity index (χ3n) is 1.39. The minimum absolute atomic E-state index is 0.581. The molecule has 4 nitrogen and oxygen atoms in total. The van der Waals surface area contributed by atoms with Crippen molar-refractivity contribution in [3.05, 3.63) is 27.8 Å². The Morgan fingerprint density at radius 1 is 1.31 bits per heavy atom. The van der Waals surface area contributed by atoms with E-state index < -0.39 is 10.2 Å². The molecule has 0 aliphatic rings. The summed E-state index contributed by atoms with van der Waals surface area (Å²) >= 11 is 2.06. The van der Waals surface area contributed by atoms with Crippen LogP contribution in [0.2, 0.25) is 0 Å². The van der Waals surface area contributed by atoms with Crippen LogP contribution < -0.4 is 9.44 Å². The summed E-state index contributed by atoms with van der Waals surface area (Å²) in [6.45, 7) is 0. The van der Waals surface area contributed by atoms with Crippen LogP contribution in [-0.2, 0) is 10.2 Å². The molecular formula is C7H9IN2O2S. The lowest BCUT2D eigenvalue weighted by molar-refractivity contribution is 0.593. The second kappa shape index (κ2) is 4.25. The first-order valence-electron chi connectivity index (χ1n) is 3.51. The summed E-state index contributed by atoms with van der Waals surface area (Å²) in [6.07, 6.45) is 0. The number of nitrogens with one attached hydrogen (secondary N) is 2. The molecule has 72 valence electrons. The number of anilines is 1. The summed E-state index contributed by atoms with van der Waals surface area (Å²) in [6, 6.07) is 7.15. The van der Waals surface area contributed by atoms with Crippen molar-refractivity contribution in [2.75, 3.05) is 11.8 Å².